The summed E-state index contributed by atoms with van der Waals surface area (Å²) < 4.78 is 4.69. The Morgan fingerprint density at radius 3 is 2.68 bits per heavy atom. The van der Waals surface area contributed by atoms with Crippen LogP contribution in [0.2, 0.25) is 0 Å². The highest BCUT2D eigenvalue weighted by Crippen LogP contribution is 2.36. The summed E-state index contributed by atoms with van der Waals surface area (Å²) in [5.41, 5.74) is 0. The third-order valence-corrected chi connectivity index (χ3v) is 5.91. The molecule has 1 unspecified atom stereocenters. The predicted molar refractivity (Wildman–Crippen MR) is 108 cm³/mol. The van der Waals surface area contributed by atoms with Crippen LogP contribution >= 0.6 is 0 Å². The lowest BCUT2D eigenvalue weighted by Crippen LogP contribution is -2.05. The van der Waals surface area contributed by atoms with Crippen molar-refractivity contribution in [2.75, 3.05) is 7.11 Å². The third kappa shape index (κ3) is 10.7. The molecule has 0 amide bonds. The maximum atomic E-state index is 11.1. The van der Waals surface area contributed by atoms with Gasteiger partial charge in [0.25, 0.3) is 0 Å². The largest absolute Gasteiger partial charge is 0.469 e. The summed E-state index contributed by atoms with van der Waals surface area (Å²) in [5.74, 6) is 2.56. The maximum Gasteiger partial charge on any atom is 0.305 e. The highest BCUT2D eigenvalue weighted by atomic mass is 16.5. The van der Waals surface area contributed by atoms with Gasteiger partial charge in [-0.1, -0.05) is 70.9 Å². The molecule has 1 saturated carbocycles. The first-order valence-electron chi connectivity index (χ1n) is 10.9. The van der Waals surface area contributed by atoms with E-state index in [9.17, 15) is 4.79 Å². The molecule has 0 aromatic carbocycles. The van der Waals surface area contributed by atoms with E-state index in [1.807, 2.05) is 0 Å². The average Bonchev–Trinajstić information content (AvgIpc) is 3.06. The summed E-state index contributed by atoms with van der Waals surface area (Å²) in [7, 11) is 1.47. The first-order valence-corrected chi connectivity index (χ1v) is 10.9. The Balaban J connectivity index is 2.10. The molecule has 0 aromatic heterocycles. The molecule has 146 valence electrons. The quantitative estimate of drug-likeness (QED) is 0.190. The number of hydrogen-bond donors (Lipinski definition) is 0. The molecule has 1 aliphatic rings. The van der Waals surface area contributed by atoms with Crippen LogP contribution in [0.5, 0.6) is 0 Å². The minimum absolute atomic E-state index is 0.0648. The number of allylic oxidation sites excluding steroid dienone is 2. The predicted octanol–water partition coefficient (Wildman–Crippen LogP) is 7.08. The zero-order valence-corrected chi connectivity index (χ0v) is 17.1. The van der Waals surface area contributed by atoms with Gasteiger partial charge in [-0.3, -0.25) is 4.79 Å². The zero-order valence-electron chi connectivity index (χ0n) is 17.1. The van der Waals surface area contributed by atoms with Crippen LogP contribution in [0.15, 0.2) is 12.2 Å². The summed E-state index contributed by atoms with van der Waals surface area (Å²) in [6, 6.07) is 0. The number of carbonyl (C=O) groups excluding carboxylic acids is 1. The molecule has 0 aromatic rings. The van der Waals surface area contributed by atoms with Gasteiger partial charge in [0, 0.05) is 6.42 Å². The number of unbranched alkanes of at least 4 members (excludes halogenated alkanes) is 4. The van der Waals surface area contributed by atoms with Crippen molar-refractivity contribution >= 4 is 5.97 Å². The minimum atomic E-state index is -0.0648. The van der Waals surface area contributed by atoms with Crippen molar-refractivity contribution in [2.24, 2.45) is 17.8 Å². The van der Waals surface area contributed by atoms with E-state index in [2.05, 4.69) is 30.7 Å². The van der Waals surface area contributed by atoms with Crippen molar-refractivity contribution in [1.82, 2.24) is 0 Å². The lowest BCUT2D eigenvalue weighted by Gasteiger charge is -2.16. The zero-order chi connectivity index (χ0) is 18.3. The summed E-state index contributed by atoms with van der Waals surface area (Å²) in [6.07, 6.45) is 22.7. The number of hydrogen-bond acceptors (Lipinski definition) is 2. The molecule has 1 rings (SSSR count). The molecule has 2 nitrogen and oxygen atoms in total. The summed E-state index contributed by atoms with van der Waals surface area (Å²) in [4.78, 5) is 11.1. The van der Waals surface area contributed by atoms with Crippen molar-refractivity contribution in [3.05, 3.63) is 12.2 Å². The van der Waals surface area contributed by atoms with Crippen LogP contribution in [0.3, 0.4) is 0 Å². The van der Waals surface area contributed by atoms with E-state index >= 15 is 0 Å². The van der Waals surface area contributed by atoms with Gasteiger partial charge in [-0.15, -0.1) is 0 Å². The van der Waals surface area contributed by atoms with Gasteiger partial charge in [-0.05, 0) is 56.3 Å². The number of carbonyl (C=O) groups is 1. The van der Waals surface area contributed by atoms with Crippen LogP contribution in [0.25, 0.3) is 0 Å². The fraction of sp³-hybridized carbons (Fsp3) is 0.870. The Labute approximate surface area is 156 Å². The molecule has 0 spiro atoms. The third-order valence-electron chi connectivity index (χ3n) is 5.91. The van der Waals surface area contributed by atoms with E-state index in [1.165, 1.54) is 77.7 Å². The van der Waals surface area contributed by atoms with Crippen molar-refractivity contribution in [1.29, 1.82) is 0 Å². The molecule has 0 bridgehead atoms. The molecule has 1 fully saturated rings. The molecule has 3 atom stereocenters. The lowest BCUT2D eigenvalue weighted by molar-refractivity contribution is -0.140. The van der Waals surface area contributed by atoms with Crippen LogP contribution in [0, 0.1) is 17.8 Å². The molecule has 0 radical (unpaired) electrons. The summed E-state index contributed by atoms with van der Waals surface area (Å²) in [5, 5.41) is 0. The molecule has 2 heteroatoms. The second kappa shape index (κ2) is 14.4. The second-order valence-electron chi connectivity index (χ2n) is 8.14. The van der Waals surface area contributed by atoms with Gasteiger partial charge in [0.2, 0.25) is 0 Å². The highest BCUT2D eigenvalue weighted by Gasteiger charge is 2.24. The van der Waals surface area contributed by atoms with Gasteiger partial charge < -0.3 is 4.74 Å². The van der Waals surface area contributed by atoms with Crippen molar-refractivity contribution in [3.8, 4) is 0 Å². The lowest BCUT2D eigenvalue weighted by atomic mass is 9.89. The number of esters is 1. The van der Waals surface area contributed by atoms with Crippen LogP contribution in [0.1, 0.15) is 104 Å². The van der Waals surface area contributed by atoms with Crippen molar-refractivity contribution in [3.63, 3.8) is 0 Å². The van der Waals surface area contributed by atoms with Crippen LogP contribution in [-0.4, -0.2) is 13.1 Å². The Morgan fingerprint density at radius 2 is 1.92 bits per heavy atom. The first-order chi connectivity index (χ1) is 12.2. The normalized spacial score (nSPS) is 21.7. The van der Waals surface area contributed by atoms with Gasteiger partial charge >= 0.3 is 5.97 Å². The molecule has 0 aliphatic heterocycles. The Hall–Kier alpha value is -0.790. The van der Waals surface area contributed by atoms with Crippen LogP contribution in [-0.2, 0) is 9.53 Å². The summed E-state index contributed by atoms with van der Waals surface area (Å²) >= 11 is 0. The Kier molecular flexibility index (Phi) is 12.8. The van der Waals surface area contributed by atoms with E-state index in [4.69, 9.17) is 0 Å². The van der Waals surface area contributed by atoms with Crippen LogP contribution in [0.4, 0.5) is 0 Å². The van der Waals surface area contributed by atoms with E-state index in [1.54, 1.807) is 0 Å². The second-order valence-corrected chi connectivity index (χ2v) is 8.14. The maximum absolute atomic E-state index is 11.1. The number of ether oxygens (including phenoxy) is 1. The minimum Gasteiger partial charge on any atom is -0.469 e. The first kappa shape index (κ1) is 22.3. The van der Waals surface area contributed by atoms with Crippen molar-refractivity contribution < 1.29 is 9.53 Å². The van der Waals surface area contributed by atoms with Gasteiger partial charge in [-0.2, -0.15) is 0 Å². The molecule has 25 heavy (non-hydrogen) atoms. The van der Waals surface area contributed by atoms with Gasteiger partial charge in [0.1, 0.15) is 0 Å². The fourth-order valence-corrected chi connectivity index (χ4v) is 4.16. The van der Waals surface area contributed by atoms with Gasteiger partial charge in [-0.25, -0.2) is 0 Å². The molecular weight excluding hydrogens is 308 g/mol. The monoisotopic (exact) mass is 350 g/mol. The highest BCUT2D eigenvalue weighted by molar-refractivity contribution is 5.68. The smallest absolute Gasteiger partial charge is 0.305 e. The van der Waals surface area contributed by atoms with Crippen LogP contribution < -0.4 is 0 Å². The van der Waals surface area contributed by atoms with E-state index in [0.717, 1.165) is 30.6 Å². The molecule has 0 N–H and O–H groups in total. The Bertz CT molecular complexity index is 361. The Morgan fingerprint density at radius 1 is 1.12 bits per heavy atom. The topological polar surface area (TPSA) is 26.3 Å². The summed E-state index contributed by atoms with van der Waals surface area (Å²) in [6.45, 7) is 4.69. The SMILES string of the molecule is CCCCC(C)CCC=C[C@H]1CCC[C@@H]1CCCCCCC(=O)OC. The number of methoxy groups -OCH3 is 1. The van der Waals surface area contributed by atoms with Gasteiger partial charge in [0.15, 0.2) is 0 Å². The molecule has 0 saturated heterocycles. The molecular formula is C23H42O2. The van der Waals surface area contributed by atoms with E-state index in [-0.39, 0.29) is 5.97 Å². The molecule has 1 aliphatic carbocycles. The van der Waals surface area contributed by atoms with E-state index in [0.29, 0.717) is 6.42 Å². The average molecular weight is 351 g/mol. The number of rotatable bonds is 14. The van der Waals surface area contributed by atoms with E-state index < -0.39 is 0 Å². The van der Waals surface area contributed by atoms with Crippen molar-refractivity contribution in [2.45, 2.75) is 104 Å². The molecule has 0 heterocycles. The standard InChI is InChI=1S/C23H42O2/c1-4-5-13-20(2)14-10-11-16-22-18-12-17-21(22)15-8-6-7-9-19-23(24)25-3/h11,16,20-22H,4-10,12-15,17-19H2,1-3H3/t20?,21-,22-/m0/s1. The fourth-order valence-electron chi connectivity index (χ4n) is 4.16. The van der Waals surface area contributed by atoms with Gasteiger partial charge in [0.05, 0.1) is 7.11 Å².